The molecule has 0 aromatic heterocycles. The summed E-state index contributed by atoms with van der Waals surface area (Å²) in [6.45, 7) is 2.73. The smallest absolute Gasteiger partial charge is 0.264 e. The minimum absolute atomic E-state index is 0.0183. The molecule has 0 fully saturated rings. The van der Waals surface area contributed by atoms with E-state index in [0.29, 0.717) is 6.54 Å². The van der Waals surface area contributed by atoms with Crippen molar-refractivity contribution in [1.29, 1.82) is 0 Å². The molecule has 0 saturated heterocycles. The van der Waals surface area contributed by atoms with Gasteiger partial charge in [-0.1, -0.05) is 54.1 Å². The lowest BCUT2D eigenvalue weighted by Crippen LogP contribution is -2.51. The summed E-state index contributed by atoms with van der Waals surface area (Å²) in [5.74, 6) is -1.67. The molecule has 0 spiro atoms. The molecule has 0 radical (unpaired) electrons. The van der Waals surface area contributed by atoms with Crippen LogP contribution in [0, 0.1) is 5.82 Å². The molecule has 3 aromatic carbocycles. The van der Waals surface area contributed by atoms with E-state index in [-0.39, 0.29) is 27.7 Å². The summed E-state index contributed by atoms with van der Waals surface area (Å²) in [4.78, 5) is 27.4. The number of benzene rings is 3. The Morgan fingerprint density at radius 3 is 2.31 bits per heavy atom. The molecule has 2 amide bonds. The van der Waals surface area contributed by atoms with E-state index in [2.05, 4.69) is 5.32 Å². The summed E-state index contributed by atoms with van der Waals surface area (Å²) in [5.41, 5.74) is 0.374. The molecule has 3 aromatic rings. The highest BCUT2D eigenvalue weighted by Crippen LogP contribution is 2.27. The van der Waals surface area contributed by atoms with E-state index in [1.807, 2.05) is 0 Å². The van der Waals surface area contributed by atoms with Gasteiger partial charge in [-0.25, -0.2) is 12.8 Å². The van der Waals surface area contributed by atoms with Crippen LogP contribution in [0.25, 0.3) is 0 Å². The molecular formula is C26H27ClFN3O4S. The molecule has 1 N–H and O–H groups in total. The van der Waals surface area contributed by atoms with Crippen LogP contribution in [-0.4, -0.2) is 44.3 Å². The number of nitrogens with zero attached hydrogens (tertiary/aromatic N) is 2. The highest BCUT2D eigenvalue weighted by atomic mass is 35.5. The van der Waals surface area contributed by atoms with Crippen LogP contribution in [0.3, 0.4) is 0 Å². The van der Waals surface area contributed by atoms with E-state index in [9.17, 15) is 22.4 Å². The molecule has 0 aliphatic rings. The van der Waals surface area contributed by atoms with Crippen LogP contribution in [0.4, 0.5) is 10.1 Å². The SMILES string of the molecule is CCNC(=O)C(C)N(Cc1ccccc1F)C(=O)CN(c1cccc(Cl)c1)S(=O)(=O)c1ccccc1. The number of nitrogens with one attached hydrogen (secondary N) is 1. The van der Waals surface area contributed by atoms with Crippen LogP contribution in [0.1, 0.15) is 19.4 Å². The van der Waals surface area contributed by atoms with Crippen molar-refractivity contribution in [2.75, 3.05) is 17.4 Å². The van der Waals surface area contributed by atoms with Crippen LogP contribution >= 0.6 is 11.6 Å². The average molecular weight is 532 g/mol. The Labute approximate surface area is 215 Å². The molecule has 0 aliphatic carbocycles. The van der Waals surface area contributed by atoms with E-state index in [1.54, 1.807) is 43.3 Å². The number of amides is 2. The zero-order valence-electron chi connectivity index (χ0n) is 19.9. The maximum absolute atomic E-state index is 14.4. The molecule has 36 heavy (non-hydrogen) atoms. The third-order valence-corrected chi connectivity index (χ3v) is 7.55. The number of anilines is 1. The quantitative estimate of drug-likeness (QED) is 0.424. The fraction of sp³-hybridized carbons (Fsp3) is 0.231. The lowest BCUT2D eigenvalue weighted by Gasteiger charge is -2.32. The van der Waals surface area contributed by atoms with E-state index < -0.39 is 40.2 Å². The number of carbonyl (C=O) groups excluding carboxylic acids is 2. The summed E-state index contributed by atoms with van der Waals surface area (Å²) < 4.78 is 42.6. The second kappa shape index (κ2) is 12.0. The van der Waals surface area contributed by atoms with Gasteiger partial charge in [-0.3, -0.25) is 13.9 Å². The topological polar surface area (TPSA) is 86.8 Å². The number of hydrogen-bond acceptors (Lipinski definition) is 4. The first kappa shape index (κ1) is 27.2. The largest absolute Gasteiger partial charge is 0.355 e. The van der Waals surface area contributed by atoms with Crippen molar-refractivity contribution in [3.05, 3.63) is 95.3 Å². The van der Waals surface area contributed by atoms with Gasteiger partial charge in [0.1, 0.15) is 18.4 Å². The van der Waals surface area contributed by atoms with Gasteiger partial charge in [0.2, 0.25) is 11.8 Å². The second-order valence-corrected chi connectivity index (χ2v) is 10.3. The molecule has 1 unspecified atom stereocenters. The highest BCUT2D eigenvalue weighted by Gasteiger charge is 2.32. The molecule has 0 saturated carbocycles. The number of likely N-dealkylation sites (N-methyl/N-ethyl adjacent to an activating group) is 1. The Morgan fingerprint density at radius 2 is 1.67 bits per heavy atom. The number of rotatable bonds is 10. The minimum atomic E-state index is -4.18. The monoisotopic (exact) mass is 531 g/mol. The molecule has 3 rings (SSSR count). The van der Waals surface area contributed by atoms with Crippen molar-refractivity contribution >= 4 is 39.1 Å². The van der Waals surface area contributed by atoms with E-state index >= 15 is 0 Å². The third kappa shape index (κ3) is 6.41. The van der Waals surface area contributed by atoms with E-state index in [0.717, 1.165) is 4.31 Å². The van der Waals surface area contributed by atoms with Crippen molar-refractivity contribution in [3.63, 3.8) is 0 Å². The normalized spacial score (nSPS) is 12.0. The second-order valence-electron chi connectivity index (χ2n) is 7.99. The van der Waals surface area contributed by atoms with Crippen LogP contribution in [-0.2, 0) is 26.2 Å². The number of carbonyl (C=O) groups is 2. The van der Waals surface area contributed by atoms with Crippen molar-refractivity contribution in [2.24, 2.45) is 0 Å². The van der Waals surface area contributed by atoms with Gasteiger partial charge in [0.05, 0.1) is 10.6 Å². The summed E-state index contributed by atoms with van der Waals surface area (Å²) in [5, 5.41) is 2.94. The molecule has 10 heteroatoms. The summed E-state index contributed by atoms with van der Waals surface area (Å²) in [6, 6.07) is 18.7. The van der Waals surface area contributed by atoms with Gasteiger partial charge in [0.15, 0.2) is 0 Å². The number of sulfonamides is 1. The third-order valence-electron chi connectivity index (χ3n) is 5.52. The summed E-state index contributed by atoms with van der Waals surface area (Å²) in [6.07, 6.45) is 0. The van der Waals surface area contributed by atoms with Crippen molar-refractivity contribution in [1.82, 2.24) is 10.2 Å². The van der Waals surface area contributed by atoms with E-state index in [4.69, 9.17) is 11.6 Å². The van der Waals surface area contributed by atoms with E-state index in [1.165, 1.54) is 54.3 Å². The molecule has 7 nitrogen and oxygen atoms in total. The first-order valence-corrected chi connectivity index (χ1v) is 13.1. The predicted molar refractivity (Wildman–Crippen MR) is 138 cm³/mol. The molecule has 1 atom stereocenters. The van der Waals surface area contributed by atoms with Crippen LogP contribution in [0.2, 0.25) is 5.02 Å². The Morgan fingerprint density at radius 1 is 1.00 bits per heavy atom. The predicted octanol–water partition coefficient (Wildman–Crippen LogP) is 4.23. The lowest BCUT2D eigenvalue weighted by molar-refractivity contribution is -0.139. The Kier molecular flexibility index (Phi) is 9.06. The Bertz CT molecular complexity index is 1320. The molecule has 190 valence electrons. The lowest BCUT2D eigenvalue weighted by atomic mass is 10.1. The van der Waals surface area contributed by atoms with Crippen LogP contribution in [0.5, 0.6) is 0 Å². The zero-order valence-corrected chi connectivity index (χ0v) is 21.5. The Hall–Kier alpha value is -3.43. The van der Waals surface area contributed by atoms with Gasteiger partial charge in [-0.2, -0.15) is 0 Å². The van der Waals surface area contributed by atoms with Crippen LogP contribution < -0.4 is 9.62 Å². The van der Waals surface area contributed by atoms with Crippen molar-refractivity contribution in [2.45, 2.75) is 31.3 Å². The van der Waals surface area contributed by atoms with Crippen molar-refractivity contribution < 1.29 is 22.4 Å². The molecular weight excluding hydrogens is 505 g/mol. The van der Waals surface area contributed by atoms with Gasteiger partial charge < -0.3 is 10.2 Å². The van der Waals surface area contributed by atoms with Gasteiger partial charge in [0.25, 0.3) is 10.0 Å². The van der Waals surface area contributed by atoms with Gasteiger partial charge >= 0.3 is 0 Å². The maximum Gasteiger partial charge on any atom is 0.264 e. The van der Waals surface area contributed by atoms with Gasteiger partial charge in [-0.05, 0) is 50.2 Å². The van der Waals surface area contributed by atoms with Crippen molar-refractivity contribution in [3.8, 4) is 0 Å². The van der Waals surface area contributed by atoms with Crippen LogP contribution in [0.15, 0.2) is 83.8 Å². The molecule has 0 heterocycles. The summed E-state index contributed by atoms with van der Waals surface area (Å²) >= 11 is 6.12. The minimum Gasteiger partial charge on any atom is -0.355 e. The summed E-state index contributed by atoms with van der Waals surface area (Å²) in [7, 11) is -4.18. The average Bonchev–Trinajstić information content (AvgIpc) is 2.86. The number of halogens is 2. The molecule has 0 aliphatic heterocycles. The zero-order chi connectivity index (χ0) is 26.3. The first-order valence-electron chi connectivity index (χ1n) is 11.3. The highest BCUT2D eigenvalue weighted by molar-refractivity contribution is 7.92. The molecule has 0 bridgehead atoms. The maximum atomic E-state index is 14.4. The first-order chi connectivity index (χ1) is 17.1. The van der Waals surface area contributed by atoms with Gasteiger partial charge in [0, 0.05) is 23.7 Å². The Balaban J connectivity index is 2.03. The fourth-order valence-corrected chi connectivity index (χ4v) is 5.21. The number of hydrogen-bond donors (Lipinski definition) is 1. The standard InChI is InChI=1S/C26H27ClFN3O4S/c1-3-29-26(33)19(2)30(17-20-10-7-8-15-24(20)28)25(32)18-31(22-12-9-11-21(27)16-22)36(34,35)23-13-5-4-6-14-23/h4-16,19H,3,17-18H2,1-2H3,(H,29,33). The van der Waals surface area contributed by atoms with Gasteiger partial charge in [-0.15, -0.1) is 0 Å². The fourth-order valence-electron chi connectivity index (χ4n) is 3.59.